The van der Waals surface area contributed by atoms with Gasteiger partial charge in [0, 0.05) is 25.7 Å². The smallest absolute Gasteiger partial charge is 0.262 e. The van der Waals surface area contributed by atoms with E-state index in [0.29, 0.717) is 22.1 Å². The third-order valence-electron chi connectivity index (χ3n) is 4.04. The first-order valence-corrected chi connectivity index (χ1v) is 9.95. The van der Waals surface area contributed by atoms with Gasteiger partial charge < -0.3 is 0 Å². The number of pyridine rings is 1. The van der Waals surface area contributed by atoms with E-state index in [1.165, 1.54) is 28.6 Å². The summed E-state index contributed by atoms with van der Waals surface area (Å²) in [4.78, 5) is 17.0. The molecule has 130 valence electrons. The lowest BCUT2D eigenvalue weighted by molar-refractivity contribution is 0.386. The summed E-state index contributed by atoms with van der Waals surface area (Å²) in [7, 11) is -3.74. The summed E-state index contributed by atoms with van der Waals surface area (Å²) in [5, 5.41) is 0. The lowest BCUT2D eigenvalue weighted by Crippen LogP contribution is -2.40. The van der Waals surface area contributed by atoms with Gasteiger partial charge in [0.1, 0.15) is 15.7 Å². The van der Waals surface area contributed by atoms with Gasteiger partial charge in [0.25, 0.3) is 15.6 Å². The molecule has 3 aromatic rings. The Bertz CT molecular complexity index is 1160. The molecular weight excluding hydrogens is 389 g/mol. The molecule has 1 aliphatic rings. The zero-order chi connectivity index (χ0) is 17.8. The molecule has 0 unspecified atom stereocenters. The number of thiophene rings is 1. The average molecular weight is 400 g/mol. The van der Waals surface area contributed by atoms with Crippen LogP contribution in [0.3, 0.4) is 0 Å². The van der Waals surface area contributed by atoms with Crippen molar-refractivity contribution in [1.82, 2.24) is 13.7 Å². The molecule has 0 N–H and O–H groups in total. The molecule has 0 spiro atoms. The van der Waals surface area contributed by atoms with Crippen molar-refractivity contribution in [3.05, 3.63) is 62.2 Å². The molecule has 4 rings (SSSR count). The molecule has 0 saturated heterocycles. The summed E-state index contributed by atoms with van der Waals surface area (Å²) in [5.41, 5.74) is 0.697. The van der Waals surface area contributed by atoms with Gasteiger partial charge in [-0.1, -0.05) is 11.6 Å². The Kier molecular flexibility index (Phi) is 3.91. The van der Waals surface area contributed by atoms with Crippen molar-refractivity contribution < 1.29 is 12.8 Å². The molecule has 0 bridgehead atoms. The molecule has 0 radical (unpaired) electrons. The summed E-state index contributed by atoms with van der Waals surface area (Å²) in [6, 6.07) is 5.62. The number of hydrogen-bond donors (Lipinski definition) is 0. The van der Waals surface area contributed by atoms with Gasteiger partial charge in [0.2, 0.25) is 0 Å². The second-order valence-corrected chi connectivity index (χ2v) is 9.44. The van der Waals surface area contributed by atoms with E-state index in [1.807, 2.05) is 0 Å². The second-order valence-electron chi connectivity index (χ2n) is 5.56. The number of rotatable bonds is 2. The van der Waals surface area contributed by atoms with Crippen LogP contribution in [0.15, 0.2) is 39.5 Å². The van der Waals surface area contributed by atoms with Crippen LogP contribution >= 0.6 is 22.9 Å². The summed E-state index contributed by atoms with van der Waals surface area (Å²) in [6.07, 6.45) is 1.37. The van der Waals surface area contributed by atoms with Gasteiger partial charge in [-0.3, -0.25) is 9.20 Å². The normalized spacial score (nSPS) is 15.4. The maximum absolute atomic E-state index is 13.4. The summed E-state index contributed by atoms with van der Waals surface area (Å²) in [6.45, 7) is 0.118. The minimum Gasteiger partial charge on any atom is -0.269 e. The van der Waals surface area contributed by atoms with Crippen LogP contribution in [-0.4, -0.2) is 28.7 Å². The van der Waals surface area contributed by atoms with Crippen LogP contribution in [-0.2, 0) is 23.0 Å². The predicted octanol–water partition coefficient (Wildman–Crippen LogP) is 2.30. The van der Waals surface area contributed by atoms with E-state index in [-0.39, 0.29) is 22.9 Å². The Morgan fingerprint density at radius 3 is 2.76 bits per heavy atom. The molecule has 0 fully saturated rings. The fourth-order valence-corrected chi connectivity index (χ4v) is 5.86. The van der Waals surface area contributed by atoms with Gasteiger partial charge in [-0.05, 0) is 24.3 Å². The molecule has 0 aliphatic carbocycles. The van der Waals surface area contributed by atoms with Crippen molar-refractivity contribution >= 4 is 38.6 Å². The van der Waals surface area contributed by atoms with Crippen LogP contribution in [0.1, 0.15) is 11.3 Å². The SMILES string of the molecule is O=c1c2c(nc3ccc(F)cn13)CCN(S(=O)(=O)c1ccc(Cl)s1)C2. The summed E-state index contributed by atoms with van der Waals surface area (Å²) in [5.74, 6) is -0.565. The van der Waals surface area contributed by atoms with Crippen molar-refractivity contribution in [3.8, 4) is 0 Å². The zero-order valence-corrected chi connectivity index (χ0v) is 15.0. The molecule has 25 heavy (non-hydrogen) atoms. The molecule has 0 amide bonds. The quantitative estimate of drug-likeness (QED) is 0.663. The van der Waals surface area contributed by atoms with E-state index in [1.54, 1.807) is 0 Å². The minimum absolute atomic E-state index is 0.0987. The Balaban J connectivity index is 1.80. The van der Waals surface area contributed by atoms with E-state index < -0.39 is 21.4 Å². The molecule has 0 saturated carbocycles. The fourth-order valence-electron chi connectivity index (χ4n) is 2.82. The lowest BCUT2D eigenvalue weighted by Gasteiger charge is -2.26. The Labute approximate surface area is 151 Å². The minimum atomic E-state index is -3.74. The Morgan fingerprint density at radius 1 is 1.24 bits per heavy atom. The largest absolute Gasteiger partial charge is 0.269 e. The van der Waals surface area contributed by atoms with Crippen LogP contribution in [0.25, 0.3) is 5.65 Å². The van der Waals surface area contributed by atoms with E-state index >= 15 is 0 Å². The summed E-state index contributed by atoms with van der Waals surface area (Å²) >= 11 is 6.79. The van der Waals surface area contributed by atoms with Gasteiger partial charge in [-0.15, -0.1) is 11.3 Å². The van der Waals surface area contributed by atoms with Gasteiger partial charge >= 0.3 is 0 Å². The van der Waals surface area contributed by atoms with Gasteiger partial charge in [0.15, 0.2) is 0 Å². The van der Waals surface area contributed by atoms with Crippen molar-refractivity contribution in [2.45, 2.75) is 17.2 Å². The Hall–Kier alpha value is -1.81. The van der Waals surface area contributed by atoms with Crippen LogP contribution in [0, 0.1) is 5.82 Å². The van der Waals surface area contributed by atoms with Gasteiger partial charge in [-0.25, -0.2) is 17.8 Å². The number of aromatic nitrogens is 2. The van der Waals surface area contributed by atoms with Gasteiger partial charge in [0.05, 0.1) is 15.6 Å². The van der Waals surface area contributed by atoms with Crippen molar-refractivity contribution in [1.29, 1.82) is 0 Å². The molecule has 0 aromatic carbocycles. The van der Waals surface area contributed by atoms with Crippen LogP contribution in [0.2, 0.25) is 4.34 Å². The zero-order valence-electron chi connectivity index (χ0n) is 12.6. The maximum atomic E-state index is 13.4. The second kappa shape index (κ2) is 5.87. The van der Waals surface area contributed by atoms with Crippen LogP contribution in [0.4, 0.5) is 4.39 Å². The van der Waals surface area contributed by atoms with Crippen molar-refractivity contribution in [2.24, 2.45) is 0 Å². The molecule has 3 aromatic heterocycles. The van der Waals surface area contributed by atoms with Crippen molar-refractivity contribution in [2.75, 3.05) is 6.54 Å². The topological polar surface area (TPSA) is 71.8 Å². The molecular formula is C15H11ClFN3O3S2. The van der Waals surface area contributed by atoms with Crippen LogP contribution < -0.4 is 5.56 Å². The molecule has 6 nitrogen and oxygen atoms in total. The number of nitrogens with zero attached hydrogens (tertiary/aromatic N) is 3. The highest BCUT2D eigenvalue weighted by atomic mass is 35.5. The number of sulfonamides is 1. The Morgan fingerprint density at radius 2 is 2.04 bits per heavy atom. The van der Waals surface area contributed by atoms with E-state index in [2.05, 4.69) is 4.98 Å². The summed E-state index contributed by atoms with van der Waals surface area (Å²) < 4.78 is 41.7. The molecule has 1 aliphatic heterocycles. The fraction of sp³-hybridized carbons (Fsp3) is 0.200. The molecule has 0 atom stereocenters. The van der Waals surface area contributed by atoms with E-state index in [0.717, 1.165) is 21.9 Å². The van der Waals surface area contributed by atoms with Crippen molar-refractivity contribution in [3.63, 3.8) is 0 Å². The predicted molar refractivity (Wildman–Crippen MR) is 92.0 cm³/mol. The third-order valence-corrected chi connectivity index (χ3v) is 7.58. The average Bonchev–Trinajstić information content (AvgIpc) is 3.03. The lowest BCUT2D eigenvalue weighted by atomic mass is 10.1. The van der Waals surface area contributed by atoms with E-state index in [9.17, 15) is 17.6 Å². The first-order chi connectivity index (χ1) is 11.9. The highest BCUT2D eigenvalue weighted by Gasteiger charge is 2.31. The van der Waals surface area contributed by atoms with Gasteiger partial charge in [-0.2, -0.15) is 4.31 Å². The monoisotopic (exact) mass is 399 g/mol. The standard InChI is InChI=1S/C15H11ClFN3O3S2/c16-12-2-4-14(24-12)25(22,23)19-6-5-11-10(8-19)15(21)20-7-9(17)1-3-13(20)18-11/h1-4,7H,5-6,8H2. The maximum Gasteiger partial charge on any atom is 0.262 e. The number of hydrogen-bond acceptors (Lipinski definition) is 5. The number of halogens is 2. The first-order valence-electron chi connectivity index (χ1n) is 7.31. The number of fused-ring (bicyclic) bond motifs is 2. The molecule has 10 heteroatoms. The molecule has 4 heterocycles. The first kappa shape index (κ1) is 16.6. The van der Waals surface area contributed by atoms with E-state index in [4.69, 9.17) is 11.6 Å². The van der Waals surface area contributed by atoms with Crippen LogP contribution in [0.5, 0.6) is 0 Å². The highest BCUT2D eigenvalue weighted by Crippen LogP contribution is 2.30. The highest BCUT2D eigenvalue weighted by molar-refractivity contribution is 7.91. The third kappa shape index (κ3) is 2.77.